The zero-order chi connectivity index (χ0) is 14.7. The molecule has 2 aromatic carbocycles. The molecule has 0 atom stereocenters. The van der Waals surface area contributed by atoms with Crippen LogP contribution in [0, 0.1) is 6.92 Å². The molecule has 0 spiro atoms. The Morgan fingerprint density at radius 3 is 2.30 bits per heavy atom. The van der Waals surface area contributed by atoms with E-state index in [2.05, 4.69) is 5.32 Å². The highest BCUT2D eigenvalue weighted by molar-refractivity contribution is 6.36. The van der Waals surface area contributed by atoms with Crippen LogP contribution in [-0.2, 0) is 11.2 Å². The van der Waals surface area contributed by atoms with E-state index >= 15 is 0 Å². The summed E-state index contributed by atoms with van der Waals surface area (Å²) in [7, 11) is 0. The number of halogens is 3. The van der Waals surface area contributed by atoms with E-state index in [-0.39, 0.29) is 12.3 Å². The molecule has 0 aliphatic carbocycles. The number of anilines is 1. The number of rotatable bonds is 3. The SMILES string of the molecule is Cc1ccc(NC(=O)Cc2c(Cl)cccc2Cl)cc1Cl. The van der Waals surface area contributed by atoms with Gasteiger partial charge in [0.2, 0.25) is 5.91 Å². The fourth-order valence-electron chi connectivity index (χ4n) is 1.74. The summed E-state index contributed by atoms with van der Waals surface area (Å²) in [6, 6.07) is 10.5. The number of hydrogen-bond acceptors (Lipinski definition) is 1. The van der Waals surface area contributed by atoms with Gasteiger partial charge < -0.3 is 5.32 Å². The minimum absolute atomic E-state index is 0.115. The van der Waals surface area contributed by atoms with Crippen LogP contribution in [0.2, 0.25) is 15.1 Å². The molecule has 0 radical (unpaired) electrons. The molecule has 2 nitrogen and oxygen atoms in total. The zero-order valence-electron chi connectivity index (χ0n) is 10.7. The standard InChI is InChI=1S/C15H12Cl3NO/c1-9-5-6-10(7-14(9)18)19-15(20)8-11-12(16)3-2-4-13(11)17/h2-7H,8H2,1H3,(H,19,20). The minimum atomic E-state index is -0.195. The molecule has 1 amide bonds. The Labute approximate surface area is 132 Å². The van der Waals surface area contributed by atoms with Gasteiger partial charge in [0.25, 0.3) is 0 Å². The Bertz CT molecular complexity index is 635. The molecular weight excluding hydrogens is 317 g/mol. The third kappa shape index (κ3) is 3.66. The molecular formula is C15H12Cl3NO. The van der Waals surface area contributed by atoms with Gasteiger partial charge in [-0.05, 0) is 42.3 Å². The maximum Gasteiger partial charge on any atom is 0.228 e. The van der Waals surface area contributed by atoms with Crippen molar-refractivity contribution in [2.24, 2.45) is 0 Å². The number of hydrogen-bond donors (Lipinski definition) is 1. The molecule has 1 N–H and O–H groups in total. The van der Waals surface area contributed by atoms with Crippen LogP contribution in [0.5, 0.6) is 0 Å². The summed E-state index contributed by atoms with van der Waals surface area (Å²) in [5.41, 5.74) is 2.22. The smallest absolute Gasteiger partial charge is 0.228 e. The number of nitrogens with one attached hydrogen (secondary N) is 1. The molecule has 0 heterocycles. The number of aryl methyl sites for hydroxylation is 1. The first kappa shape index (κ1) is 15.2. The average Bonchev–Trinajstić information content (AvgIpc) is 2.38. The van der Waals surface area contributed by atoms with Gasteiger partial charge >= 0.3 is 0 Å². The second-order valence-electron chi connectivity index (χ2n) is 4.39. The summed E-state index contributed by atoms with van der Waals surface area (Å²) in [6.07, 6.45) is 0.115. The molecule has 0 aliphatic rings. The fraction of sp³-hybridized carbons (Fsp3) is 0.133. The lowest BCUT2D eigenvalue weighted by Gasteiger charge is -2.09. The van der Waals surface area contributed by atoms with Crippen molar-refractivity contribution >= 4 is 46.4 Å². The van der Waals surface area contributed by atoms with E-state index in [0.29, 0.717) is 26.3 Å². The number of carbonyl (C=O) groups is 1. The molecule has 0 aliphatic heterocycles. The Morgan fingerprint density at radius 2 is 1.70 bits per heavy atom. The molecule has 0 saturated heterocycles. The second kappa shape index (κ2) is 6.49. The van der Waals surface area contributed by atoms with E-state index in [0.717, 1.165) is 5.56 Å². The van der Waals surface area contributed by atoms with Crippen LogP contribution < -0.4 is 5.32 Å². The van der Waals surface area contributed by atoms with Crippen LogP contribution in [0.3, 0.4) is 0 Å². The van der Waals surface area contributed by atoms with Gasteiger partial charge in [0.05, 0.1) is 6.42 Å². The van der Waals surface area contributed by atoms with Crippen molar-refractivity contribution in [2.45, 2.75) is 13.3 Å². The molecule has 0 saturated carbocycles. The fourth-order valence-corrected chi connectivity index (χ4v) is 2.45. The molecule has 5 heteroatoms. The predicted octanol–water partition coefficient (Wildman–Crippen LogP) is 5.14. The van der Waals surface area contributed by atoms with Crippen LogP contribution in [0.25, 0.3) is 0 Å². The largest absolute Gasteiger partial charge is 0.326 e. The van der Waals surface area contributed by atoms with Gasteiger partial charge in [0.15, 0.2) is 0 Å². The van der Waals surface area contributed by atoms with Crippen LogP contribution in [0.4, 0.5) is 5.69 Å². The lowest BCUT2D eigenvalue weighted by Crippen LogP contribution is -2.15. The van der Waals surface area contributed by atoms with Gasteiger partial charge in [-0.2, -0.15) is 0 Å². The van der Waals surface area contributed by atoms with E-state index in [1.807, 2.05) is 13.0 Å². The van der Waals surface area contributed by atoms with Crippen molar-refractivity contribution in [1.82, 2.24) is 0 Å². The normalized spacial score (nSPS) is 10.4. The molecule has 0 aromatic heterocycles. The molecule has 0 fully saturated rings. The lowest BCUT2D eigenvalue weighted by atomic mass is 10.1. The van der Waals surface area contributed by atoms with Crippen molar-refractivity contribution in [1.29, 1.82) is 0 Å². The van der Waals surface area contributed by atoms with Gasteiger partial charge in [-0.3, -0.25) is 4.79 Å². The molecule has 104 valence electrons. The van der Waals surface area contributed by atoms with Crippen molar-refractivity contribution in [3.05, 3.63) is 62.6 Å². The van der Waals surface area contributed by atoms with E-state index in [1.165, 1.54) is 0 Å². The van der Waals surface area contributed by atoms with Gasteiger partial charge in [-0.25, -0.2) is 0 Å². The Hall–Kier alpha value is -1.22. The van der Waals surface area contributed by atoms with Gasteiger partial charge in [-0.15, -0.1) is 0 Å². The number of amides is 1. The number of carbonyl (C=O) groups excluding carboxylic acids is 1. The van der Waals surface area contributed by atoms with E-state index < -0.39 is 0 Å². The average molecular weight is 329 g/mol. The third-order valence-corrected chi connectivity index (χ3v) is 3.97. The third-order valence-electron chi connectivity index (χ3n) is 2.85. The zero-order valence-corrected chi connectivity index (χ0v) is 13.0. The second-order valence-corrected chi connectivity index (χ2v) is 5.61. The highest BCUT2D eigenvalue weighted by Crippen LogP contribution is 2.25. The van der Waals surface area contributed by atoms with Gasteiger partial charge in [0, 0.05) is 20.8 Å². The molecule has 20 heavy (non-hydrogen) atoms. The summed E-state index contributed by atoms with van der Waals surface area (Å²) in [4.78, 5) is 12.0. The molecule has 2 aromatic rings. The first-order chi connectivity index (χ1) is 9.47. The van der Waals surface area contributed by atoms with Crippen molar-refractivity contribution in [3.63, 3.8) is 0 Å². The first-order valence-electron chi connectivity index (χ1n) is 5.96. The highest BCUT2D eigenvalue weighted by Gasteiger charge is 2.11. The number of benzene rings is 2. The predicted molar refractivity (Wildman–Crippen MR) is 85.0 cm³/mol. The first-order valence-corrected chi connectivity index (χ1v) is 7.09. The Morgan fingerprint density at radius 1 is 1.05 bits per heavy atom. The highest BCUT2D eigenvalue weighted by atomic mass is 35.5. The van der Waals surface area contributed by atoms with E-state index in [1.54, 1.807) is 30.3 Å². The summed E-state index contributed by atoms with van der Waals surface area (Å²) >= 11 is 18.1. The molecule has 0 bridgehead atoms. The molecule has 0 unspecified atom stereocenters. The Balaban J connectivity index is 2.11. The van der Waals surface area contributed by atoms with E-state index in [4.69, 9.17) is 34.8 Å². The summed E-state index contributed by atoms with van der Waals surface area (Å²) in [6.45, 7) is 1.90. The van der Waals surface area contributed by atoms with Crippen molar-refractivity contribution < 1.29 is 4.79 Å². The maximum absolute atomic E-state index is 12.0. The monoisotopic (exact) mass is 327 g/mol. The van der Waals surface area contributed by atoms with E-state index in [9.17, 15) is 4.79 Å². The molecule has 2 rings (SSSR count). The van der Waals surface area contributed by atoms with Crippen LogP contribution in [0.15, 0.2) is 36.4 Å². The van der Waals surface area contributed by atoms with Crippen LogP contribution in [0.1, 0.15) is 11.1 Å². The summed E-state index contributed by atoms with van der Waals surface area (Å²) in [5.74, 6) is -0.195. The van der Waals surface area contributed by atoms with Gasteiger partial charge in [-0.1, -0.05) is 46.9 Å². The van der Waals surface area contributed by atoms with Crippen LogP contribution in [-0.4, -0.2) is 5.91 Å². The van der Waals surface area contributed by atoms with Gasteiger partial charge in [0.1, 0.15) is 0 Å². The maximum atomic E-state index is 12.0. The lowest BCUT2D eigenvalue weighted by molar-refractivity contribution is -0.115. The van der Waals surface area contributed by atoms with Crippen molar-refractivity contribution in [3.8, 4) is 0 Å². The quantitative estimate of drug-likeness (QED) is 0.830. The van der Waals surface area contributed by atoms with Crippen LogP contribution >= 0.6 is 34.8 Å². The topological polar surface area (TPSA) is 29.1 Å². The minimum Gasteiger partial charge on any atom is -0.326 e. The summed E-state index contributed by atoms with van der Waals surface area (Å²) < 4.78 is 0. The Kier molecular flexibility index (Phi) is 4.92. The van der Waals surface area contributed by atoms with Crippen molar-refractivity contribution in [2.75, 3.05) is 5.32 Å². The summed E-state index contributed by atoms with van der Waals surface area (Å²) in [5, 5.41) is 4.34.